The van der Waals surface area contributed by atoms with Gasteiger partial charge in [0.05, 0.1) is 13.2 Å². The maximum Gasteiger partial charge on any atom is 0.226 e. The smallest absolute Gasteiger partial charge is 0.226 e. The second-order valence-corrected chi connectivity index (χ2v) is 4.42. The molecule has 1 aliphatic heterocycles. The molecule has 6 heteroatoms. The van der Waals surface area contributed by atoms with E-state index in [-0.39, 0.29) is 24.4 Å². The van der Waals surface area contributed by atoms with Crippen LogP contribution in [0.1, 0.15) is 6.42 Å². The summed E-state index contributed by atoms with van der Waals surface area (Å²) < 4.78 is 5.29. The molecule has 1 saturated heterocycles. The standard InChI is InChI=1S/C12H15ClN2O2.ClH/c13-9-1-3-10(4-2-9)15-12(16)7-11-8-17-6-5-14-11;/h1-4,11,14H,5-8H2,(H,15,16);1H. The maximum absolute atomic E-state index is 11.7. The van der Waals surface area contributed by atoms with Crippen molar-refractivity contribution < 1.29 is 9.53 Å². The van der Waals surface area contributed by atoms with Crippen LogP contribution in [-0.4, -0.2) is 31.7 Å². The Bertz CT molecular complexity index is 378. The number of halogens is 2. The lowest BCUT2D eigenvalue weighted by Gasteiger charge is -2.23. The Morgan fingerprint density at radius 2 is 2.17 bits per heavy atom. The first kappa shape index (κ1) is 15.2. The highest BCUT2D eigenvalue weighted by Gasteiger charge is 2.16. The Morgan fingerprint density at radius 1 is 1.44 bits per heavy atom. The number of amides is 1. The molecule has 1 atom stereocenters. The first-order chi connectivity index (χ1) is 8.24. The highest BCUT2D eigenvalue weighted by atomic mass is 35.5. The molecule has 4 nitrogen and oxygen atoms in total. The van der Waals surface area contributed by atoms with Crippen LogP contribution < -0.4 is 10.6 Å². The summed E-state index contributed by atoms with van der Waals surface area (Å²) in [6.45, 7) is 2.11. The molecule has 0 bridgehead atoms. The van der Waals surface area contributed by atoms with Crippen LogP contribution in [0.5, 0.6) is 0 Å². The second-order valence-electron chi connectivity index (χ2n) is 3.99. The average molecular weight is 291 g/mol. The van der Waals surface area contributed by atoms with Crippen molar-refractivity contribution in [1.82, 2.24) is 5.32 Å². The van der Waals surface area contributed by atoms with Crippen LogP contribution in [0.25, 0.3) is 0 Å². The molecule has 100 valence electrons. The normalized spacial score (nSPS) is 18.8. The van der Waals surface area contributed by atoms with Gasteiger partial charge in [0.1, 0.15) is 0 Å². The van der Waals surface area contributed by atoms with Crippen molar-refractivity contribution in [2.75, 3.05) is 25.1 Å². The molecule has 1 aliphatic rings. The molecule has 1 fully saturated rings. The summed E-state index contributed by atoms with van der Waals surface area (Å²) in [4.78, 5) is 11.7. The van der Waals surface area contributed by atoms with E-state index < -0.39 is 0 Å². The van der Waals surface area contributed by atoms with Crippen LogP contribution in [0.2, 0.25) is 5.02 Å². The lowest BCUT2D eigenvalue weighted by molar-refractivity contribution is -0.117. The summed E-state index contributed by atoms with van der Waals surface area (Å²) in [5, 5.41) is 6.72. The third-order valence-electron chi connectivity index (χ3n) is 2.56. The Morgan fingerprint density at radius 3 is 2.78 bits per heavy atom. The lowest BCUT2D eigenvalue weighted by Crippen LogP contribution is -2.43. The molecule has 0 spiro atoms. The number of benzene rings is 1. The highest BCUT2D eigenvalue weighted by Crippen LogP contribution is 2.13. The second kappa shape index (κ2) is 7.59. The number of morpholine rings is 1. The fourth-order valence-corrected chi connectivity index (χ4v) is 1.85. The van der Waals surface area contributed by atoms with E-state index in [0.29, 0.717) is 18.1 Å². The van der Waals surface area contributed by atoms with E-state index >= 15 is 0 Å². The van der Waals surface area contributed by atoms with E-state index in [9.17, 15) is 4.79 Å². The first-order valence-corrected chi connectivity index (χ1v) is 5.98. The van der Waals surface area contributed by atoms with E-state index in [4.69, 9.17) is 16.3 Å². The summed E-state index contributed by atoms with van der Waals surface area (Å²) in [5.74, 6) is -0.0182. The quantitative estimate of drug-likeness (QED) is 0.896. The van der Waals surface area contributed by atoms with Gasteiger partial charge in [-0.05, 0) is 24.3 Å². The van der Waals surface area contributed by atoms with Gasteiger partial charge in [0.15, 0.2) is 0 Å². The van der Waals surface area contributed by atoms with Crippen LogP contribution in [0.4, 0.5) is 5.69 Å². The first-order valence-electron chi connectivity index (χ1n) is 5.60. The number of carbonyl (C=O) groups excluding carboxylic acids is 1. The van der Waals surface area contributed by atoms with Crippen molar-refractivity contribution in [1.29, 1.82) is 0 Å². The zero-order chi connectivity index (χ0) is 12.1. The minimum absolute atomic E-state index is 0. The predicted octanol–water partition coefficient (Wildman–Crippen LogP) is 2.08. The predicted molar refractivity (Wildman–Crippen MR) is 74.6 cm³/mol. The van der Waals surface area contributed by atoms with Crippen LogP contribution in [-0.2, 0) is 9.53 Å². The zero-order valence-corrected chi connectivity index (χ0v) is 11.4. The fourth-order valence-electron chi connectivity index (χ4n) is 1.72. The van der Waals surface area contributed by atoms with E-state index in [1.54, 1.807) is 24.3 Å². The van der Waals surface area contributed by atoms with Crippen molar-refractivity contribution in [2.45, 2.75) is 12.5 Å². The van der Waals surface area contributed by atoms with Crippen LogP contribution >= 0.6 is 24.0 Å². The van der Waals surface area contributed by atoms with Gasteiger partial charge in [-0.25, -0.2) is 0 Å². The SMILES string of the molecule is Cl.O=C(CC1COCCN1)Nc1ccc(Cl)cc1. The number of ether oxygens (including phenoxy) is 1. The van der Waals surface area contributed by atoms with Gasteiger partial charge in [0.2, 0.25) is 5.91 Å². The van der Waals surface area contributed by atoms with E-state index in [1.807, 2.05) is 0 Å². The summed E-state index contributed by atoms with van der Waals surface area (Å²) in [6, 6.07) is 7.17. The van der Waals surface area contributed by atoms with Gasteiger partial charge in [-0.1, -0.05) is 11.6 Å². The maximum atomic E-state index is 11.7. The van der Waals surface area contributed by atoms with Gasteiger partial charge in [0, 0.05) is 29.7 Å². The topological polar surface area (TPSA) is 50.4 Å². The molecule has 0 radical (unpaired) electrons. The van der Waals surface area contributed by atoms with Gasteiger partial charge in [0.25, 0.3) is 0 Å². The monoisotopic (exact) mass is 290 g/mol. The number of nitrogens with one attached hydrogen (secondary N) is 2. The molecule has 0 saturated carbocycles. The molecule has 2 rings (SSSR count). The third-order valence-corrected chi connectivity index (χ3v) is 2.81. The molecule has 0 aliphatic carbocycles. The van der Waals surface area contributed by atoms with Crippen molar-refractivity contribution >= 4 is 35.6 Å². The fraction of sp³-hybridized carbons (Fsp3) is 0.417. The van der Waals surface area contributed by atoms with Crippen LogP contribution in [0.15, 0.2) is 24.3 Å². The van der Waals surface area contributed by atoms with Gasteiger partial charge in [-0.3, -0.25) is 4.79 Å². The number of hydrogen-bond donors (Lipinski definition) is 2. The van der Waals surface area contributed by atoms with E-state index in [1.165, 1.54) is 0 Å². The largest absolute Gasteiger partial charge is 0.378 e. The summed E-state index contributed by atoms with van der Waals surface area (Å²) in [5.41, 5.74) is 0.760. The summed E-state index contributed by atoms with van der Waals surface area (Å²) >= 11 is 5.76. The van der Waals surface area contributed by atoms with Crippen molar-refractivity contribution in [2.24, 2.45) is 0 Å². The molecular formula is C12H16Cl2N2O2. The molecule has 0 aromatic heterocycles. The number of rotatable bonds is 3. The number of hydrogen-bond acceptors (Lipinski definition) is 3. The average Bonchev–Trinajstić information content (AvgIpc) is 2.33. The highest BCUT2D eigenvalue weighted by molar-refractivity contribution is 6.30. The van der Waals surface area contributed by atoms with Gasteiger partial charge < -0.3 is 15.4 Å². The van der Waals surface area contributed by atoms with Crippen molar-refractivity contribution in [3.8, 4) is 0 Å². The molecule has 2 N–H and O–H groups in total. The minimum atomic E-state index is -0.0182. The van der Waals surface area contributed by atoms with Crippen LogP contribution in [0, 0.1) is 0 Å². The molecule has 1 aromatic carbocycles. The molecule has 1 unspecified atom stereocenters. The minimum Gasteiger partial charge on any atom is -0.378 e. The summed E-state index contributed by atoms with van der Waals surface area (Å²) in [7, 11) is 0. The molecular weight excluding hydrogens is 275 g/mol. The Kier molecular flexibility index (Phi) is 6.43. The Hall–Kier alpha value is -0.810. The van der Waals surface area contributed by atoms with Gasteiger partial charge >= 0.3 is 0 Å². The zero-order valence-electron chi connectivity index (χ0n) is 9.82. The third kappa shape index (κ3) is 4.82. The van der Waals surface area contributed by atoms with E-state index in [0.717, 1.165) is 18.8 Å². The molecule has 18 heavy (non-hydrogen) atoms. The lowest BCUT2D eigenvalue weighted by atomic mass is 10.2. The summed E-state index contributed by atoms with van der Waals surface area (Å²) in [6.07, 6.45) is 0.419. The molecule has 1 heterocycles. The molecule has 1 amide bonds. The Balaban J connectivity index is 0.00000162. The van der Waals surface area contributed by atoms with E-state index in [2.05, 4.69) is 10.6 Å². The van der Waals surface area contributed by atoms with Crippen molar-refractivity contribution in [3.05, 3.63) is 29.3 Å². The van der Waals surface area contributed by atoms with Gasteiger partial charge in [-0.15, -0.1) is 12.4 Å². The van der Waals surface area contributed by atoms with Crippen LogP contribution in [0.3, 0.4) is 0 Å². The Labute approximate surface area is 117 Å². The van der Waals surface area contributed by atoms with Crippen molar-refractivity contribution in [3.63, 3.8) is 0 Å². The number of anilines is 1. The van der Waals surface area contributed by atoms with Gasteiger partial charge in [-0.2, -0.15) is 0 Å². The number of carbonyl (C=O) groups is 1. The molecule has 1 aromatic rings.